The molecule has 37 heavy (non-hydrogen) atoms. The van der Waals surface area contributed by atoms with E-state index < -0.39 is 8.80 Å². The fourth-order valence-corrected chi connectivity index (χ4v) is 8.65. The molecule has 206 valence electrons. The SMILES string of the molecule is CCCCCCCCC1(CCCCCCCC)c2cc(I)ccc2-c2ccc([Si](OC)(OC)OC)cc21. The van der Waals surface area contributed by atoms with Crippen LogP contribution < -0.4 is 5.19 Å². The largest absolute Gasteiger partial charge is 0.536 e. The zero-order valence-electron chi connectivity index (χ0n) is 24.0. The highest BCUT2D eigenvalue weighted by molar-refractivity contribution is 14.1. The van der Waals surface area contributed by atoms with E-state index in [-0.39, 0.29) is 5.41 Å². The lowest BCUT2D eigenvalue weighted by atomic mass is 9.70. The summed E-state index contributed by atoms with van der Waals surface area (Å²) >= 11 is 2.49. The van der Waals surface area contributed by atoms with E-state index in [1.165, 1.54) is 116 Å². The second-order valence-corrected chi connectivity index (χ2v) is 14.9. The van der Waals surface area contributed by atoms with Gasteiger partial charge in [-0.2, -0.15) is 0 Å². The molecule has 0 aromatic heterocycles. The van der Waals surface area contributed by atoms with Gasteiger partial charge in [-0.25, -0.2) is 0 Å². The van der Waals surface area contributed by atoms with Gasteiger partial charge >= 0.3 is 8.80 Å². The summed E-state index contributed by atoms with van der Waals surface area (Å²) in [6, 6.07) is 14.0. The summed E-state index contributed by atoms with van der Waals surface area (Å²) in [5, 5.41) is 1.07. The maximum absolute atomic E-state index is 5.91. The van der Waals surface area contributed by atoms with Gasteiger partial charge in [0.15, 0.2) is 0 Å². The molecule has 0 bridgehead atoms. The quantitative estimate of drug-likeness (QED) is 0.0928. The number of unbranched alkanes of at least 4 members (excludes halogenated alkanes) is 10. The third kappa shape index (κ3) is 7.08. The number of benzene rings is 2. The van der Waals surface area contributed by atoms with Crippen molar-refractivity contribution in [2.75, 3.05) is 21.3 Å². The van der Waals surface area contributed by atoms with Crippen LogP contribution in [-0.4, -0.2) is 30.1 Å². The molecule has 0 aliphatic heterocycles. The van der Waals surface area contributed by atoms with Crippen LogP contribution in [0.2, 0.25) is 0 Å². The molecule has 0 saturated heterocycles. The van der Waals surface area contributed by atoms with Gasteiger partial charge in [0.05, 0.1) is 0 Å². The van der Waals surface area contributed by atoms with Crippen molar-refractivity contribution in [3.05, 3.63) is 51.1 Å². The van der Waals surface area contributed by atoms with E-state index in [0.29, 0.717) is 0 Å². The minimum atomic E-state index is -2.92. The predicted molar refractivity (Wildman–Crippen MR) is 168 cm³/mol. The van der Waals surface area contributed by atoms with E-state index in [1.54, 1.807) is 21.3 Å². The van der Waals surface area contributed by atoms with E-state index in [2.05, 4.69) is 72.8 Å². The first-order chi connectivity index (χ1) is 18.0. The Morgan fingerprint density at radius 2 is 1.08 bits per heavy atom. The molecule has 0 atom stereocenters. The molecule has 0 spiro atoms. The minimum Gasteiger partial charge on any atom is -0.373 e. The molecule has 2 aromatic carbocycles. The van der Waals surface area contributed by atoms with Crippen LogP contribution in [0.15, 0.2) is 36.4 Å². The van der Waals surface area contributed by atoms with Crippen molar-refractivity contribution in [2.24, 2.45) is 0 Å². The molecule has 2 aromatic rings. The summed E-state index contributed by atoms with van der Waals surface area (Å²) in [5.74, 6) is 0. The van der Waals surface area contributed by atoms with E-state index in [4.69, 9.17) is 13.3 Å². The zero-order chi connectivity index (χ0) is 26.7. The standard InChI is InChI=1S/C32H49IO3Si/c1-6-8-10-12-14-16-22-32(23-17-15-13-11-9-7-2)30-24-26(33)18-20-28(30)29-21-19-27(25-31(29)32)37(34-3,35-4)36-5/h18-21,24-25H,6-17,22-23H2,1-5H3. The molecule has 0 heterocycles. The minimum absolute atomic E-state index is 0.0483. The summed E-state index contributed by atoms with van der Waals surface area (Å²) in [4.78, 5) is 0. The van der Waals surface area contributed by atoms with Gasteiger partial charge in [-0.05, 0) is 69.8 Å². The molecule has 3 rings (SSSR count). The first kappa shape index (κ1) is 30.8. The molecular weight excluding hydrogens is 587 g/mol. The molecule has 0 fully saturated rings. The van der Waals surface area contributed by atoms with Crippen molar-refractivity contribution < 1.29 is 13.3 Å². The van der Waals surface area contributed by atoms with Crippen molar-refractivity contribution in [1.82, 2.24) is 0 Å². The van der Waals surface area contributed by atoms with Crippen LogP contribution in [0.1, 0.15) is 115 Å². The number of hydrogen-bond acceptors (Lipinski definition) is 3. The van der Waals surface area contributed by atoms with Gasteiger partial charge in [-0.3, -0.25) is 0 Å². The molecule has 0 radical (unpaired) electrons. The number of fused-ring (bicyclic) bond motifs is 3. The molecule has 0 unspecified atom stereocenters. The van der Waals surface area contributed by atoms with Crippen LogP contribution in [0.3, 0.4) is 0 Å². The highest BCUT2D eigenvalue weighted by Crippen LogP contribution is 2.54. The first-order valence-electron chi connectivity index (χ1n) is 14.6. The highest BCUT2D eigenvalue weighted by Gasteiger charge is 2.46. The van der Waals surface area contributed by atoms with Crippen LogP contribution in [0.4, 0.5) is 0 Å². The van der Waals surface area contributed by atoms with Crippen molar-refractivity contribution in [3.8, 4) is 11.1 Å². The zero-order valence-corrected chi connectivity index (χ0v) is 27.1. The maximum Gasteiger partial charge on any atom is 0.536 e. The van der Waals surface area contributed by atoms with E-state index in [9.17, 15) is 0 Å². The average molecular weight is 637 g/mol. The van der Waals surface area contributed by atoms with Gasteiger partial charge in [0.1, 0.15) is 0 Å². The Labute approximate surface area is 241 Å². The molecule has 1 aliphatic carbocycles. The molecule has 0 saturated carbocycles. The van der Waals surface area contributed by atoms with Crippen LogP contribution >= 0.6 is 22.6 Å². The topological polar surface area (TPSA) is 27.7 Å². The third-order valence-electron chi connectivity index (χ3n) is 8.40. The van der Waals surface area contributed by atoms with Crippen LogP contribution in [0.25, 0.3) is 11.1 Å². The lowest BCUT2D eigenvalue weighted by Crippen LogP contribution is -2.54. The second-order valence-electron chi connectivity index (χ2n) is 10.7. The van der Waals surface area contributed by atoms with E-state index >= 15 is 0 Å². The number of halogens is 1. The van der Waals surface area contributed by atoms with Gasteiger partial charge < -0.3 is 13.3 Å². The van der Waals surface area contributed by atoms with Crippen molar-refractivity contribution >= 4 is 36.6 Å². The summed E-state index contributed by atoms with van der Waals surface area (Å²) in [6.07, 6.45) is 18.3. The average Bonchev–Trinajstić information content (AvgIpc) is 3.18. The Morgan fingerprint density at radius 3 is 1.59 bits per heavy atom. The van der Waals surface area contributed by atoms with Crippen molar-refractivity contribution in [3.63, 3.8) is 0 Å². The fourth-order valence-electron chi connectivity index (χ4n) is 6.34. The smallest absolute Gasteiger partial charge is 0.373 e. The van der Waals surface area contributed by atoms with E-state index in [1.807, 2.05) is 0 Å². The molecule has 0 N–H and O–H groups in total. The normalized spacial score (nSPS) is 14.1. The Bertz CT molecular complexity index is 948. The fraction of sp³-hybridized carbons (Fsp3) is 0.625. The molecular formula is C32H49IO3Si. The predicted octanol–water partition coefficient (Wildman–Crippen LogP) is 9.14. The van der Waals surface area contributed by atoms with Gasteiger partial charge in [0.2, 0.25) is 0 Å². The lowest BCUT2D eigenvalue weighted by molar-refractivity contribution is 0.140. The maximum atomic E-state index is 5.91. The Kier molecular flexibility index (Phi) is 12.6. The van der Waals surface area contributed by atoms with Crippen LogP contribution in [-0.2, 0) is 18.7 Å². The Balaban J connectivity index is 2.01. The molecule has 0 amide bonds. The monoisotopic (exact) mass is 636 g/mol. The summed E-state index contributed by atoms with van der Waals surface area (Å²) in [5.41, 5.74) is 5.85. The van der Waals surface area contributed by atoms with Crippen LogP contribution in [0.5, 0.6) is 0 Å². The number of hydrogen-bond donors (Lipinski definition) is 0. The number of rotatable bonds is 18. The lowest BCUT2D eigenvalue weighted by Gasteiger charge is -2.34. The Hall–Kier alpha value is -0.733. The van der Waals surface area contributed by atoms with Crippen molar-refractivity contribution in [2.45, 2.75) is 109 Å². The summed E-state index contributed by atoms with van der Waals surface area (Å²) in [6.45, 7) is 4.59. The molecule has 5 heteroatoms. The van der Waals surface area contributed by atoms with Crippen molar-refractivity contribution in [1.29, 1.82) is 0 Å². The van der Waals surface area contributed by atoms with E-state index in [0.717, 1.165) is 5.19 Å². The van der Waals surface area contributed by atoms with Gasteiger partial charge in [-0.1, -0.05) is 115 Å². The molecule has 1 aliphatic rings. The Morgan fingerprint density at radius 1 is 0.622 bits per heavy atom. The molecule has 3 nitrogen and oxygen atoms in total. The van der Waals surface area contributed by atoms with Gasteiger partial charge in [0.25, 0.3) is 0 Å². The van der Waals surface area contributed by atoms with Gasteiger partial charge in [0, 0.05) is 35.5 Å². The summed E-state index contributed by atoms with van der Waals surface area (Å²) in [7, 11) is 2.21. The summed E-state index contributed by atoms with van der Waals surface area (Å²) < 4.78 is 19.1. The van der Waals surface area contributed by atoms with Crippen LogP contribution in [0, 0.1) is 3.57 Å². The van der Waals surface area contributed by atoms with Gasteiger partial charge in [-0.15, -0.1) is 0 Å². The first-order valence-corrected chi connectivity index (χ1v) is 17.4. The highest BCUT2D eigenvalue weighted by atomic mass is 127. The third-order valence-corrected chi connectivity index (χ3v) is 11.7. The second kappa shape index (κ2) is 15.2.